The molecule has 0 amide bonds. The molecule has 0 unspecified atom stereocenters. The molecule has 2 nitrogen and oxygen atoms in total. The van der Waals surface area contributed by atoms with Gasteiger partial charge in [0.1, 0.15) is 0 Å². The predicted molar refractivity (Wildman–Crippen MR) is 72.4 cm³/mol. The molecule has 1 aliphatic carbocycles. The Bertz CT molecular complexity index is 648. The van der Waals surface area contributed by atoms with E-state index in [-0.39, 0.29) is 11.5 Å². The number of aliphatic hydroxyl groups is 1. The van der Waals surface area contributed by atoms with Crippen LogP contribution in [0.25, 0.3) is 16.3 Å². The monoisotopic (exact) mass is 238 g/mol. The Kier molecular flexibility index (Phi) is 2.63. The van der Waals surface area contributed by atoms with E-state index < -0.39 is 0 Å². The maximum atomic E-state index is 11.6. The summed E-state index contributed by atoms with van der Waals surface area (Å²) in [5, 5.41) is 12.2. The minimum absolute atomic E-state index is 0.0439. The molecule has 1 N–H and O–H groups in total. The first-order valence-corrected chi connectivity index (χ1v) is 6.21. The molecule has 0 spiro atoms. The van der Waals surface area contributed by atoms with Crippen molar-refractivity contribution in [3.63, 3.8) is 0 Å². The molecule has 0 saturated carbocycles. The summed E-state index contributed by atoms with van der Waals surface area (Å²) in [7, 11) is 0. The zero-order valence-corrected chi connectivity index (χ0v) is 10.0. The van der Waals surface area contributed by atoms with Gasteiger partial charge < -0.3 is 5.11 Å². The summed E-state index contributed by atoms with van der Waals surface area (Å²) in [6.07, 6.45) is 2.05. The summed E-state index contributed by atoms with van der Waals surface area (Å²) < 4.78 is 0. The molecule has 2 aromatic rings. The molecule has 90 valence electrons. The second kappa shape index (κ2) is 4.30. The average molecular weight is 238 g/mol. The van der Waals surface area contributed by atoms with Crippen molar-refractivity contribution < 1.29 is 9.90 Å². The molecule has 0 fully saturated rings. The van der Waals surface area contributed by atoms with Gasteiger partial charge in [0.25, 0.3) is 0 Å². The van der Waals surface area contributed by atoms with Crippen LogP contribution in [-0.2, 0) is 4.79 Å². The van der Waals surface area contributed by atoms with Crippen molar-refractivity contribution in [2.45, 2.75) is 19.3 Å². The first kappa shape index (κ1) is 11.0. The van der Waals surface area contributed by atoms with Crippen molar-refractivity contribution >= 4 is 22.1 Å². The van der Waals surface area contributed by atoms with Gasteiger partial charge in [-0.2, -0.15) is 0 Å². The highest BCUT2D eigenvalue weighted by atomic mass is 16.3. The van der Waals surface area contributed by atoms with Crippen molar-refractivity contribution in [1.82, 2.24) is 0 Å². The minimum Gasteiger partial charge on any atom is -0.504 e. The second-order valence-electron chi connectivity index (χ2n) is 4.63. The van der Waals surface area contributed by atoms with Gasteiger partial charge in [-0.1, -0.05) is 42.5 Å². The average Bonchev–Trinajstić information content (AvgIpc) is 2.41. The van der Waals surface area contributed by atoms with Gasteiger partial charge >= 0.3 is 0 Å². The number of carbonyl (C=O) groups excluding carboxylic acids is 1. The largest absolute Gasteiger partial charge is 0.504 e. The highest BCUT2D eigenvalue weighted by Gasteiger charge is 2.21. The highest BCUT2D eigenvalue weighted by Crippen LogP contribution is 2.33. The van der Waals surface area contributed by atoms with Crippen LogP contribution >= 0.6 is 0 Å². The summed E-state index contributed by atoms with van der Waals surface area (Å²) in [6.45, 7) is 0. The number of ketones is 1. The Morgan fingerprint density at radius 1 is 0.944 bits per heavy atom. The lowest BCUT2D eigenvalue weighted by Crippen LogP contribution is -2.10. The highest BCUT2D eigenvalue weighted by molar-refractivity contribution is 6.05. The van der Waals surface area contributed by atoms with Crippen LogP contribution in [0.15, 0.2) is 48.2 Å². The number of allylic oxidation sites excluding steroid dienone is 2. The van der Waals surface area contributed by atoms with Gasteiger partial charge in [0.2, 0.25) is 0 Å². The van der Waals surface area contributed by atoms with Crippen LogP contribution in [0.3, 0.4) is 0 Å². The molecular weight excluding hydrogens is 224 g/mol. The van der Waals surface area contributed by atoms with Crippen LogP contribution in [0, 0.1) is 0 Å². The Morgan fingerprint density at radius 3 is 2.61 bits per heavy atom. The lowest BCUT2D eigenvalue weighted by molar-refractivity contribution is -0.118. The smallest absolute Gasteiger partial charge is 0.197 e. The van der Waals surface area contributed by atoms with Crippen LogP contribution in [0.2, 0.25) is 0 Å². The van der Waals surface area contributed by atoms with E-state index in [1.165, 1.54) is 0 Å². The third kappa shape index (κ3) is 1.70. The SMILES string of the molecule is O=C1CCCC(c2cccc3ccccc23)=C1O. The van der Waals surface area contributed by atoms with Gasteiger partial charge in [-0.3, -0.25) is 4.79 Å². The van der Waals surface area contributed by atoms with E-state index in [0.29, 0.717) is 6.42 Å². The van der Waals surface area contributed by atoms with E-state index in [4.69, 9.17) is 0 Å². The molecule has 0 aliphatic heterocycles. The molecule has 2 heteroatoms. The first-order valence-electron chi connectivity index (χ1n) is 6.21. The maximum absolute atomic E-state index is 11.6. The zero-order valence-electron chi connectivity index (χ0n) is 10.0. The van der Waals surface area contributed by atoms with Crippen molar-refractivity contribution in [1.29, 1.82) is 0 Å². The molecule has 18 heavy (non-hydrogen) atoms. The summed E-state index contributed by atoms with van der Waals surface area (Å²) in [5.41, 5.74) is 1.78. The Labute approximate surface area is 106 Å². The standard InChI is InChI=1S/C16H14O2/c17-15-10-4-9-14(16(15)18)13-8-3-6-11-5-1-2-7-12(11)13/h1-3,5-8,18H,4,9-10H2. The zero-order chi connectivity index (χ0) is 12.5. The van der Waals surface area contributed by atoms with Crippen LogP contribution in [0.1, 0.15) is 24.8 Å². The normalized spacial score (nSPS) is 16.3. The molecular formula is C16H14O2. The van der Waals surface area contributed by atoms with E-state index >= 15 is 0 Å². The summed E-state index contributed by atoms with van der Waals surface area (Å²) in [6, 6.07) is 14.0. The van der Waals surface area contributed by atoms with Crippen molar-refractivity contribution in [2.75, 3.05) is 0 Å². The van der Waals surface area contributed by atoms with Crippen LogP contribution in [-0.4, -0.2) is 10.9 Å². The van der Waals surface area contributed by atoms with Crippen molar-refractivity contribution in [3.05, 3.63) is 53.8 Å². The fourth-order valence-electron chi connectivity index (χ4n) is 2.58. The summed E-state index contributed by atoms with van der Waals surface area (Å²) >= 11 is 0. The molecule has 0 heterocycles. The number of Topliss-reactive ketones (excluding diaryl/α,β-unsaturated/α-hetero) is 1. The van der Waals surface area contributed by atoms with Gasteiger partial charge in [0.05, 0.1) is 0 Å². The van der Waals surface area contributed by atoms with Crippen molar-refractivity contribution in [2.24, 2.45) is 0 Å². The molecule has 0 bridgehead atoms. The Balaban J connectivity index is 2.26. The van der Waals surface area contributed by atoms with E-state index in [2.05, 4.69) is 0 Å². The lowest BCUT2D eigenvalue weighted by Gasteiger charge is -2.17. The molecule has 1 aliphatic rings. The molecule has 0 saturated heterocycles. The van der Waals surface area contributed by atoms with Gasteiger partial charge in [0.15, 0.2) is 11.5 Å². The molecule has 0 radical (unpaired) electrons. The van der Waals surface area contributed by atoms with Gasteiger partial charge in [-0.25, -0.2) is 0 Å². The number of benzene rings is 2. The van der Waals surface area contributed by atoms with E-state index in [1.54, 1.807) is 0 Å². The van der Waals surface area contributed by atoms with Crippen LogP contribution < -0.4 is 0 Å². The molecule has 0 aromatic heterocycles. The number of rotatable bonds is 1. The van der Waals surface area contributed by atoms with E-state index in [0.717, 1.165) is 34.8 Å². The van der Waals surface area contributed by atoms with E-state index in [9.17, 15) is 9.90 Å². The first-order chi connectivity index (χ1) is 8.77. The van der Waals surface area contributed by atoms with Gasteiger partial charge in [-0.05, 0) is 29.2 Å². The number of carbonyl (C=O) groups is 1. The van der Waals surface area contributed by atoms with Gasteiger partial charge in [0, 0.05) is 12.0 Å². The number of hydrogen-bond acceptors (Lipinski definition) is 2. The molecule has 2 aromatic carbocycles. The number of hydrogen-bond donors (Lipinski definition) is 1. The van der Waals surface area contributed by atoms with Crippen molar-refractivity contribution in [3.8, 4) is 0 Å². The fourth-order valence-corrected chi connectivity index (χ4v) is 2.58. The minimum atomic E-state index is -0.135. The Hall–Kier alpha value is -2.09. The quantitative estimate of drug-likeness (QED) is 0.819. The molecule has 3 rings (SSSR count). The number of aliphatic hydroxyl groups excluding tert-OH is 1. The summed E-state index contributed by atoms with van der Waals surface area (Å²) in [4.78, 5) is 11.6. The molecule has 0 atom stereocenters. The van der Waals surface area contributed by atoms with E-state index in [1.807, 2.05) is 42.5 Å². The van der Waals surface area contributed by atoms with Crippen LogP contribution in [0.4, 0.5) is 0 Å². The lowest BCUT2D eigenvalue weighted by atomic mass is 9.89. The maximum Gasteiger partial charge on any atom is 0.197 e. The Morgan fingerprint density at radius 2 is 1.72 bits per heavy atom. The van der Waals surface area contributed by atoms with Crippen LogP contribution in [0.5, 0.6) is 0 Å². The number of fused-ring (bicyclic) bond motifs is 1. The third-order valence-corrected chi connectivity index (χ3v) is 3.50. The third-order valence-electron chi connectivity index (χ3n) is 3.50. The topological polar surface area (TPSA) is 37.3 Å². The fraction of sp³-hybridized carbons (Fsp3) is 0.188. The van der Waals surface area contributed by atoms with Gasteiger partial charge in [-0.15, -0.1) is 0 Å². The summed E-state index contributed by atoms with van der Waals surface area (Å²) in [5.74, 6) is -0.179. The predicted octanol–water partition coefficient (Wildman–Crippen LogP) is 3.86. The second-order valence-corrected chi connectivity index (χ2v) is 4.63.